The number of aliphatic hydroxyl groups excluding tert-OH is 4. The Hall–Kier alpha value is -6.61. The number of allylic oxidation sites excluding steroid dienone is 1. The number of benzene rings is 2. The van der Waals surface area contributed by atoms with Gasteiger partial charge in [-0.05, 0) is 54.5 Å². The molecule has 1 saturated heterocycles. The summed E-state index contributed by atoms with van der Waals surface area (Å²) in [5, 5.41) is 60.3. The van der Waals surface area contributed by atoms with Gasteiger partial charge in [-0.1, -0.05) is 55.8 Å². The number of hydrogen-bond donors (Lipinski definition) is 11. The lowest BCUT2D eigenvalue weighted by molar-refractivity contribution is -0.139. The lowest BCUT2D eigenvalue weighted by Crippen LogP contribution is -2.60. The van der Waals surface area contributed by atoms with Gasteiger partial charge in [0.05, 0.1) is 57.3 Å². The molecule has 0 aliphatic carbocycles. The Morgan fingerprint density at radius 2 is 1.59 bits per heavy atom. The number of fused-ring (bicyclic) bond motifs is 2. The minimum absolute atomic E-state index is 0.00584. The number of H-pyrrole nitrogens is 1. The van der Waals surface area contributed by atoms with Gasteiger partial charge in [-0.25, -0.2) is 0 Å². The molecule has 8 atom stereocenters. The number of β-amino-alcohol motifs (C(OH)–C–C–N with tert-alkyl or cyclic N) is 1. The fourth-order valence-electron chi connectivity index (χ4n) is 7.64. The summed E-state index contributed by atoms with van der Waals surface area (Å²) in [7, 11) is 2.89. The number of amides is 7. The maximum absolute atomic E-state index is 13.6. The van der Waals surface area contributed by atoms with E-state index in [9.17, 15) is 54.0 Å². The molecule has 20 heteroatoms. The number of aliphatic hydroxyl groups is 4. The third-order valence-corrected chi connectivity index (χ3v) is 11.5. The number of ether oxygens (including phenoxy) is 1. The molecule has 2 aliphatic rings. The first kappa shape index (κ1) is 50.4. The molecule has 1 aromatic heterocycles. The number of para-hydroxylation sites is 1. The van der Waals surface area contributed by atoms with E-state index in [1.165, 1.54) is 7.05 Å². The molecule has 66 heavy (non-hydrogen) atoms. The lowest BCUT2D eigenvalue weighted by Gasteiger charge is -2.33. The monoisotopic (exact) mass is 916 g/mol. The maximum atomic E-state index is 13.6. The van der Waals surface area contributed by atoms with E-state index in [2.05, 4.69) is 36.9 Å². The first-order valence-corrected chi connectivity index (χ1v) is 21.8. The Labute approximate surface area is 381 Å². The summed E-state index contributed by atoms with van der Waals surface area (Å²) in [6, 6.07) is 10.6. The Morgan fingerprint density at radius 3 is 2.33 bits per heavy atom. The molecule has 2 aromatic carbocycles. The van der Waals surface area contributed by atoms with E-state index in [1.54, 1.807) is 20.2 Å². The lowest BCUT2D eigenvalue weighted by atomic mass is 9.88. The molecule has 356 valence electrons. The molecular weight excluding hydrogens is 857 g/mol. The van der Waals surface area contributed by atoms with E-state index in [0.29, 0.717) is 18.4 Å². The minimum Gasteiger partial charge on any atom is -0.497 e. The summed E-state index contributed by atoms with van der Waals surface area (Å²) in [6.45, 7) is 0.0602. The van der Waals surface area contributed by atoms with Crippen LogP contribution in [0.4, 0.5) is 0 Å². The van der Waals surface area contributed by atoms with E-state index in [0.717, 1.165) is 46.0 Å². The van der Waals surface area contributed by atoms with E-state index >= 15 is 0 Å². The highest BCUT2D eigenvalue weighted by molar-refractivity contribution is 5.96. The van der Waals surface area contributed by atoms with Gasteiger partial charge in [0.15, 0.2) is 6.10 Å². The van der Waals surface area contributed by atoms with Crippen LogP contribution in [0.15, 0.2) is 72.6 Å². The molecule has 1 fully saturated rings. The van der Waals surface area contributed by atoms with E-state index in [-0.39, 0.29) is 18.5 Å². The highest BCUT2D eigenvalue weighted by Gasteiger charge is 2.41. The molecule has 20 nitrogen and oxygen atoms in total. The number of methoxy groups -OCH3 is 1. The standard InChI is InChI=1S/C46H60N8O12/c1-26(10-6-4-5-7-11-27-14-16-30(66-3)17-15-27)42(61)43(62)41-44(63)46(65)52-33-20-37(57)50-34(33)21-40(60)54(2)25-39(59)51-35(18-28-22-47-32-13-9-8-12-31(28)32)45(64)49-24-38(58)48-23-29(55)19-36(56)53-41/h7-9,11-17,21-22,26,29,33,35,41-44,47,55,61-63H,4-6,10,18-20,23-25H2,1-3H3,(H,48,58)(H,49,64)(H,50,57)(H,51,59)(H,52,65)(H,53,56)/b11-7+,34-21?/t26-,29+,33+,35+,41+,42-,43-,44-/m0/s1. The summed E-state index contributed by atoms with van der Waals surface area (Å²) in [5.41, 5.74) is 2.38. The molecule has 7 amide bonds. The van der Waals surface area contributed by atoms with Crippen LogP contribution in [0.25, 0.3) is 17.0 Å². The highest BCUT2D eigenvalue weighted by atomic mass is 16.5. The zero-order valence-electron chi connectivity index (χ0n) is 37.1. The molecular formula is C46H60N8O12. The van der Waals surface area contributed by atoms with Gasteiger partial charge in [-0.15, -0.1) is 0 Å². The number of aromatic nitrogens is 1. The second-order valence-electron chi connectivity index (χ2n) is 16.6. The van der Waals surface area contributed by atoms with Crippen LogP contribution in [0.3, 0.4) is 0 Å². The average molecular weight is 917 g/mol. The predicted molar refractivity (Wildman–Crippen MR) is 241 cm³/mol. The average Bonchev–Trinajstić information content (AvgIpc) is 3.87. The fraction of sp³-hybridized carbons (Fsp3) is 0.457. The second-order valence-corrected chi connectivity index (χ2v) is 16.6. The van der Waals surface area contributed by atoms with Crippen molar-refractivity contribution in [2.75, 3.05) is 33.8 Å². The van der Waals surface area contributed by atoms with Crippen molar-refractivity contribution in [3.63, 3.8) is 0 Å². The Balaban J connectivity index is 1.29. The SMILES string of the molecule is COc1ccc(/C=C/CCCC[C@H](C)[C@H](O)[C@@H](O)[C@H]2NC(=O)C[C@@H](O)CNC(=O)CNC(=O)[C@@H](Cc3c[nH]c4ccccc34)NC(=O)CN(C)C(=O)C=C3NC(=O)C[C@H]3NC(=O)[C@H]2O)cc1. The van der Waals surface area contributed by atoms with Gasteiger partial charge < -0.3 is 66.9 Å². The second kappa shape index (κ2) is 24.1. The van der Waals surface area contributed by atoms with Crippen LogP contribution in [-0.4, -0.2) is 148 Å². The third kappa shape index (κ3) is 14.4. The zero-order valence-corrected chi connectivity index (χ0v) is 37.1. The van der Waals surface area contributed by atoms with Crippen LogP contribution in [0.2, 0.25) is 0 Å². The predicted octanol–water partition coefficient (Wildman–Crippen LogP) is -0.975. The molecule has 0 unspecified atom stereocenters. The molecule has 0 spiro atoms. The number of nitrogens with zero attached hydrogens (tertiary/aromatic N) is 1. The van der Waals surface area contributed by atoms with Crippen molar-refractivity contribution >= 4 is 58.3 Å². The molecule has 2 aliphatic heterocycles. The summed E-state index contributed by atoms with van der Waals surface area (Å²) in [5.74, 6) is -5.58. The maximum Gasteiger partial charge on any atom is 0.251 e. The Kier molecular flexibility index (Phi) is 18.4. The topological polar surface area (TPSA) is 301 Å². The number of unbranched alkanes of at least 4 members (excludes halogenated alkanes) is 2. The normalized spacial score (nSPS) is 23.7. The van der Waals surface area contributed by atoms with Crippen LogP contribution in [0.1, 0.15) is 56.6 Å². The number of carbonyl (C=O) groups excluding carboxylic acids is 7. The minimum atomic E-state index is -2.23. The third-order valence-electron chi connectivity index (χ3n) is 11.5. The molecule has 0 radical (unpaired) electrons. The number of hydrogen-bond acceptors (Lipinski definition) is 12. The van der Waals surface area contributed by atoms with Gasteiger partial charge >= 0.3 is 0 Å². The van der Waals surface area contributed by atoms with Crippen LogP contribution in [0.5, 0.6) is 5.75 Å². The molecule has 11 N–H and O–H groups in total. The van der Waals surface area contributed by atoms with Crippen molar-refractivity contribution in [2.45, 2.75) is 94.4 Å². The molecule has 3 aromatic rings. The van der Waals surface area contributed by atoms with Crippen molar-refractivity contribution in [2.24, 2.45) is 5.92 Å². The van der Waals surface area contributed by atoms with E-state index < -0.39 is 116 Å². The molecule has 0 bridgehead atoms. The smallest absolute Gasteiger partial charge is 0.251 e. The summed E-state index contributed by atoms with van der Waals surface area (Å²) < 4.78 is 5.18. The first-order chi connectivity index (χ1) is 31.5. The largest absolute Gasteiger partial charge is 0.497 e. The van der Waals surface area contributed by atoms with Crippen LogP contribution in [-0.2, 0) is 40.0 Å². The van der Waals surface area contributed by atoms with Crippen molar-refractivity contribution in [1.82, 2.24) is 41.8 Å². The number of rotatable bonds is 12. The highest BCUT2D eigenvalue weighted by Crippen LogP contribution is 2.22. The van der Waals surface area contributed by atoms with Crippen molar-refractivity contribution in [1.29, 1.82) is 0 Å². The van der Waals surface area contributed by atoms with Gasteiger partial charge in [0.1, 0.15) is 17.9 Å². The summed E-state index contributed by atoms with van der Waals surface area (Å²) in [4.78, 5) is 96.6. The van der Waals surface area contributed by atoms with Crippen LogP contribution >= 0.6 is 0 Å². The Bertz CT molecular complexity index is 2260. The van der Waals surface area contributed by atoms with Crippen LogP contribution < -0.4 is 36.6 Å². The van der Waals surface area contributed by atoms with E-state index in [1.807, 2.05) is 60.7 Å². The van der Waals surface area contributed by atoms with Crippen molar-refractivity contribution < 1.29 is 58.7 Å². The number of carbonyl (C=O) groups is 7. The molecule has 5 rings (SSSR count). The van der Waals surface area contributed by atoms with Crippen molar-refractivity contribution in [3.05, 3.63) is 83.7 Å². The summed E-state index contributed by atoms with van der Waals surface area (Å²) >= 11 is 0. The zero-order chi connectivity index (χ0) is 47.9. The van der Waals surface area contributed by atoms with Crippen LogP contribution in [0, 0.1) is 5.92 Å². The molecule has 3 heterocycles. The van der Waals surface area contributed by atoms with Gasteiger partial charge in [0.2, 0.25) is 35.4 Å². The van der Waals surface area contributed by atoms with Gasteiger partial charge in [0.25, 0.3) is 5.91 Å². The van der Waals surface area contributed by atoms with Gasteiger partial charge in [-0.3, -0.25) is 33.6 Å². The van der Waals surface area contributed by atoms with Gasteiger partial charge in [0, 0.05) is 48.9 Å². The van der Waals surface area contributed by atoms with Gasteiger partial charge in [-0.2, -0.15) is 0 Å². The number of nitrogens with one attached hydrogen (secondary N) is 7. The summed E-state index contributed by atoms with van der Waals surface area (Å²) in [6.07, 6.45) is 0.891. The Morgan fingerprint density at radius 1 is 0.848 bits per heavy atom. The quantitative estimate of drug-likeness (QED) is 0.0979. The van der Waals surface area contributed by atoms with Crippen molar-refractivity contribution in [3.8, 4) is 5.75 Å². The molecule has 0 saturated carbocycles. The number of aromatic amines is 1. The fourth-order valence-corrected chi connectivity index (χ4v) is 7.64. The van der Waals surface area contributed by atoms with E-state index in [4.69, 9.17) is 4.74 Å². The first-order valence-electron chi connectivity index (χ1n) is 21.8. The number of likely N-dealkylation sites (N-methyl/N-ethyl adjacent to an activating group) is 1.